The van der Waals surface area contributed by atoms with Gasteiger partial charge in [0.25, 0.3) is 0 Å². The molecule has 0 bridgehead atoms. The number of rotatable bonds is 6. The van der Waals surface area contributed by atoms with E-state index in [2.05, 4.69) is 24.7 Å². The average Bonchev–Trinajstić information content (AvgIpc) is 3.45. The summed E-state index contributed by atoms with van der Waals surface area (Å²) in [5.74, 6) is 0.768. The zero-order valence-electron chi connectivity index (χ0n) is 16.5. The molecule has 156 valence electrons. The predicted molar refractivity (Wildman–Crippen MR) is 118 cm³/mol. The first-order chi connectivity index (χ1) is 15.0. The maximum absolute atomic E-state index is 12.4. The Kier molecular flexibility index (Phi) is 4.76. The predicted octanol–water partition coefficient (Wildman–Crippen LogP) is 3.22. The van der Waals surface area contributed by atoms with Crippen molar-refractivity contribution in [1.82, 2.24) is 24.7 Å². The van der Waals surface area contributed by atoms with Crippen LogP contribution in [0.15, 0.2) is 71.9 Å². The lowest BCUT2D eigenvalue weighted by molar-refractivity contribution is 0.581. The van der Waals surface area contributed by atoms with Crippen LogP contribution in [0.5, 0.6) is 0 Å². The van der Waals surface area contributed by atoms with E-state index in [4.69, 9.17) is 5.73 Å². The topological polar surface area (TPSA) is 127 Å². The molecule has 0 aliphatic heterocycles. The quantitative estimate of drug-likeness (QED) is 0.429. The molecule has 0 spiro atoms. The molecule has 0 atom stereocenters. The third-order valence-electron chi connectivity index (χ3n) is 5.05. The van der Waals surface area contributed by atoms with E-state index in [-0.39, 0.29) is 16.8 Å². The molecule has 4 N–H and O–H groups in total. The first-order valence-corrected chi connectivity index (χ1v) is 11.3. The molecule has 5 rings (SSSR count). The van der Waals surface area contributed by atoms with Crippen LogP contribution in [0.4, 0.5) is 5.82 Å². The Balaban J connectivity index is 1.44. The van der Waals surface area contributed by atoms with Gasteiger partial charge in [0.2, 0.25) is 10.0 Å². The van der Waals surface area contributed by atoms with Crippen molar-refractivity contribution < 1.29 is 8.42 Å². The van der Waals surface area contributed by atoms with Crippen molar-refractivity contribution in [2.45, 2.75) is 23.8 Å². The third-order valence-corrected chi connectivity index (χ3v) is 6.58. The Labute approximate surface area is 179 Å². The number of nitrogens with one attached hydrogen (secondary N) is 2. The molecular formula is C22H20N6O2S. The van der Waals surface area contributed by atoms with Crippen molar-refractivity contribution in [1.29, 1.82) is 0 Å². The van der Waals surface area contributed by atoms with Crippen LogP contribution in [0.25, 0.3) is 34.0 Å². The number of aromatic amines is 1. The lowest BCUT2D eigenvalue weighted by Gasteiger charge is -2.08. The molecule has 0 saturated heterocycles. The summed E-state index contributed by atoms with van der Waals surface area (Å²) in [4.78, 5) is 16.8. The van der Waals surface area contributed by atoms with Gasteiger partial charge >= 0.3 is 0 Å². The van der Waals surface area contributed by atoms with Crippen LogP contribution >= 0.6 is 0 Å². The van der Waals surface area contributed by atoms with Gasteiger partial charge in [0.05, 0.1) is 28.7 Å². The third kappa shape index (κ3) is 4.05. The number of anilines is 1. The molecule has 2 heterocycles. The monoisotopic (exact) mass is 432 g/mol. The van der Waals surface area contributed by atoms with Gasteiger partial charge in [-0.05, 0) is 30.5 Å². The molecule has 31 heavy (non-hydrogen) atoms. The summed E-state index contributed by atoms with van der Waals surface area (Å²) >= 11 is 0. The van der Waals surface area contributed by atoms with Gasteiger partial charge in [-0.3, -0.25) is 0 Å². The molecule has 1 saturated carbocycles. The van der Waals surface area contributed by atoms with Crippen LogP contribution in [0.1, 0.15) is 12.8 Å². The second-order valence-electron chi connectivity index (χ2n) is 7.42. The number of H-pyrrole nitrogens is 1. The summed E-state index contributed by atoms with van der Waals surface area (Å²) in [7, 11) is -3.50. The Morgan fingerprint density at radius 2 is 1.68 bits per heavy atom. The van der Waals surface area contributed by atoms with Crippen molar-refractivity contribution in [3.63, 3.8) is 0 Å². The lowest BCUT2D eigenvalue weighted by Crippen LogP contribution is -2.25. The summed E-state index contributed by atoms with van der Waals surface area (Å²) in [5, 5.41) is 0. The summed E-state index contributed by atoms with van der Waals surface area (Å²) in [6.07, 6.45) is 5.07. The SMILES string of the molecule is Nc1ncc(-c2ccc(S(=O)(=O)NC3CC3)cc2)nc1-c1ncc(-c2ccccc2)[nH]1. The first kappa shape index (κ1) is 19.4. The van der Waals surface area contributed by atoms with E-state index in [1.807, 2.05) is 30.3 Å². The van der Waals surface area contributed by atoms with E-state index < -0.39 is 10.0 Å². The van der Waals surface area contributed by atoms with Crippen LogP contribution in [-0.2, 0) is 10.0 Å². The van der Waals surface area contributed by atoms with Crippen molar-refractivity contribution in [2.75, 3.05) is 5.73 Å². The van der Waals surface area contributed by atoms with Crippen molar-refractivity contribution in [3.8, 4) is 34.0 Å². The summed E-state index contributed by atoms with van der Waals surface area (Å²) in [6.45, 7) is 0. The summed E-state index contributed by atoms with van der Waals surface area (Å²) in [5.41, 5.74) is 9.65. The molecule has 1 aliphatic carbocycles. The fourth-order valence-corrected chi connectivity index (χ4v) is 4.52. The molecular weight excluding hydrogens is 412 g/mol. The minimum absolute atomic E-state index is 0.0595. The second-order valence-corrected chi connectivity index (χ2v) is 9.13. The van der Waals surface area contributed by atoms with E-state index in [0.717, 1.165) is 29.7 Å². The largest absolute Gasteiger partial charge is 0.382 e. The zero-order valence-corrected chi connectivity index (χ0v) is 17.3. The van der Waals surface area contributed by atoms with Crippen LogP contribution in [0, 0.1) is 0 Å². The smallest absolute Gasteiger partial charge is 0.240 e. The molecule has 4 aromatic rings. The number of aromatic nitrogens is 4. The van der Waals surface area contributed by atoms with Gasteiger partial charge in [0, 0.05) is 11.6 Å². The van der Waals surface area contributed by atoms with Gasteiger partial charge in [0.15, 0.2) is 11.6 Å². The van der Waals surface area contributed by atoms with E-state index in [9.17, 15) is 8.42 Å². The fourth-order valence-electron chi connectivity index (χ4n) is 3.21. The molecule has 2 aromatic heterocycles. The maximum Gasteiger partial charge on any atom is 0.240 e. The number of benzene rings is 2. The summed E-state index contributed by atoms with van der Waals surface area (Å²) < 4.78 is 27.4. The van der Waals surface area contributed by atoms with Crippen molar-refractivity contribution in [3.05, 3.63) is 67.0 Å². The normalized spacial score (nSPS) is 13.9. The van der Waals surface area contributed by atoms with Crippen LogP contribution in [-0.4, -0.2) is 34.4 Å². The Hall–Kier alpha value is -3.56. The van der Waals surface area contributed by atoms with E-state index in [0.29, 0.717) is 17.2 Å². The average molecular weight is 433 g/mol. The minimum atomic E-state index is -3.50. The standard InChI is InChI=1S/C22H20N6O2S/c23-21-20(22-25-13-19(27-22)14-4-2-1-3-5-14)26-18(12-24-21)15-6-10-17(11-7-15)31(29,30)28-16-8-9-16/h1-7,10-13,16,28H,8-9H2,(H2,23,24)(H,25,27). The molecule has 9 heteroatoms. The highest BCUT2D eigenvalue weighted by Crippen LogP contribution is 2.27. The molecule has 2 aromatic carbocycles. The molecule has 8 nitrogen and oxygen atoms in total. The molecule has 1 aliphatic rings. The summed E-state index contributed by atoms with van der Waals surface area (Å²) in [6, 6.07) is 16.4. The van der Waals surface area contributed by atoms with E-state index in [1.165, 1.54) is 0 Å². The van der Waals surface area contributed by atoms with Gasteiger partial charge in [-0.15, -0.1) is 0 Å². The molecule has 0 unspecified atom stereocenters. The number of sulfonamides is 1. The van der Waals surface area contributed by atoms with Crippen molar-refractivity contribution in [2.24, 2.45) is 0 Å². The Bertz CT molecular complexity index is 1330. The number of nitrogens with two attached hydrogens (primary N) is 1. The maximum atomic E-state index is 12.4. The van der Waals surface area contributed by atoms with Crippen molar-refractivity contribution >= 4 is 15.8 Å². The highest BCUT2D eigenvalue weighted by atomic mass is 32.2. The lowest BCUT2D eigenvalue weighted by atomic mass is 10.1. The number of hydrogen-bond acceptors (Lipinski definition) is 6. The number of imidazole rings is 1. The van der Waals surface area contributed by atoms with Crippen LogP contribution in [0.3, 0.4) is 0 Å². The minimum Gasteiger partial charge on any atom is -0.382 e. The Morgan fingerprint density at radius 3 is 2.39 bits per heavy atom. The van der Waals surface area contributed by atoms with Gasteiger partial charge in [-0.2, -0.15) is 0 Å². The second kappa shape index (κ2) is 7.60. The number of hydrogen-bond donors (Lipinski definition) is 3. The van der Waals surface area contributed by atoms with Gasteiger partial charge < -0.3 is 10.7 Å². The molecule has 0 radical (unpaired) electrons. The fraction of sp³-hybridized carbons (Fsp3) is 0.136. The number of nitrogens with zero attached hydrogens (tertiary/aromatic N) is 3. The van der Waals surface area contributed by atoms with Gasteiger partial charge in [-0.1, -0.05) is 42.5 Å². The first-order valence-electron chi connectivity index (χ1n) is 9.86. The van der Waals surface area contributed by atoms with Crippen LogP contribution in [0.2, 0.25) is 0 Å². The molecule has 1 fully saturated rings. The van der Waals surface area contributed by atoms with Crippen LogP contribution < -0.4 is 10.5 Å². The highest BCUT2D eigenvalue weighted by Gasteiger charge is 2.27. The Morgan fingerprint density at radius 1 is 0.935 bits per heavy atom. The van der Waals surface area contributed by atoms with Gasteiger partial charge in [0.1, 0.15) is 5.69 Å². The number of nitrogen functional groups attached to an aromatic ring is 1. The highest BCUT2D eigenvalue weighted by molar-refractivity contribution is 7.89. The van der Waals surface area contributed by atoms with Gasteiger partial charge in [-0.25, -0.2) is 28.1 Å². The zero-order chi connectivity index (χ0) is 21.4. The van der Waals surface area contributed by atoms with E-state index in [1.54, 1.807) is 36.7 Å². The van der Waals surface area contributed by atoms with E-state index >= 15 is 0 Å². The molecule has 0 amide bonds.